The highest BCUT2D eigenvalue weighted by molar-refractivity contribution is 7.80. The lowest BCUT2D eigenvalue weighted by Crippen LogP contribution is -2.20. The van der Waals surface area contributed by atoms with Gasteiger partial charge in [-0.1, -0.05) is 164 Å². The van der Waals surface area contributed by atoms with Gasteiger partial charge in [-0.15, -0.1) is 0 Å². The van der Waals surface area contributed by atoms with Crippen LogP contribution in [0.5, 0.6) is 0 Å². The van der Waals surface area contributed by atoms with Gasteiger partial charge in [-0.3, -0.25) is 0 Å². The van der Waals surface area contributed by atoms with E-state index in [0.717, 1.165) is 11.0 Å². The molecule has 0 aliphatic rings. The molecule has 0 saturated carbocycles. The van der Waals surface area contributed by atoms with Crippen molar-refractivity contribution in [3.63, 3.8) is 0 Å². The zero-order valence-corrected chi connectivity index (χ0v) is 24.3. The highest BCUT2D eigenvalue weighted by atomic mass is 31.1. The largest absolute Gasteiger partial charge is 0.464 e. The quantitative estimate of drug-likeness (QED) is 0.197. The average molecular weight is 555 g/mol. The molecular formula is C37H32OP2. The number of rotatable bonds is 5. The average Bonchev–Trinajstić information content (AvgIpc) is 3.16. The molecule has 1 heterocycles. The lowest BCUT2D eigenvalue weighted by Gasteiger charge is -2.19. The molecule has 0 fully saturated rings. The van der Waals surface area contributed by atoms with Gasteiger partial charge in [0.15, 0.2) is 0 Å². The highest BCUT2D eigenvalue weighted by Gasteiger charge is 2.19. The van der Waals surface area contributed by atoms with E-state index in [1.807, 2.05) is 18.2 Å². The summed E-state index contributed by atoms with van der Waals surface area (Å²) in [5.74, 6) is 0. The fraction of sp³-hybridized carbons (Fsp3) is 0.0270. The molecule has 0 saturated heterocycles. The molecule has 5 aromatic carbocycles. The summed E-state index contributed by atoms with van der Waals surface area (Å²) in [5, 5.41) is 7.83. The van der Waals surface area contributed by atoms with E-state index in [1.54, 1.807) is 6.26 Å². The van der Waals surface area contributed by atoms with E-state index in [9.17, 15) is 0 Å². The summed E-state index contributed by atoms with van der Waals surface area (Å²) in [6.07, 6.45) is 1.76. The number of benzene rings is 5. The molecule has 6 rings (SSSR count). The van der Waals surface area contributed by atoms with Crippen molar-refractivity contribution in [3.05, 3.63) is 176 Å². The Hall–Kier alpha value is -4.02. The molecule has 0 radical (unpaired) electrons. The Morgan fingerprint density at radius 2 is 0.800 bits per heavy atom. The van der Waals surface area contributed by atoms with E-state index in [0.29, 0.717) is 0 Å². The highest BCUT2D eigenvalue weighted by Crippen LogP contribution is 2.35. The molecule has 0 atom stereocenters. The topological polar surface area (TPSA) is 13.1 Å². The molecule has 3 heteroatoms. The minimum absolute atomic E-state index is 0.171. The second kappa shape index (κ2) is 14.4. The van der Waals surface area contributed by atoms with Gasteiger partial charge in [-0.2, -0.15) is 0 Å². The number of para-hydroxylation sites is 1. The summed E-state index contributed by atoms with van der Waals surface area (Å²) < 4.78 is 6.10. The van der Waals surface area contributed by atoms with E-state index in [2.05, 4.69) is 158 Å². The first-order valence-corrected chi connectivity index (χ1v) is 16.5. The molecular weight excluding hydrogens is 522 g/mol. The smallest absolute Gasteiger partial charge is 0.142 e. The SMILES string of the molecule is CP(c1ccccc1)c1ccccc1.c1cccc2cccc(P(c3ccccc3)c3ccccc3)c2occ1. The van der Waals surface area contributed by atoms with Crippen molar-refractivity contribution >= 4 is 53.3 Å². The Balaban J connectivity index is 0.000000194. The van der Waals surface area contributed by atoms with Crippen LogP contribution < -0.4 is 26.5 Å². The zero-order chi connectivity index (χ0) is 27.4. The first kappa shape index (κ1) is 27.5. The fourth-order valence-corrected chi connectivity index (χ4v) is 8.40. The van der Waals surface area contributed by atoms with Crippen molar-refractivity contribution in [3.8, 4) is 0 Å². The summed E-state index contributed by atoms with van der Waals surface area (Å²) in [5.41, 5.74) is 0.933. The molecule has 0 aliphatic heterocycles. The third-order valence-electron chi connectivity index (χ3n) is 6.45. The summed E-state index contributed by atoms with van der Waals surface area (Å²) in [4.78, 5) is 0. The molecule has 1 aromatic heterocycles. The van der Waals surface area contributed by atoms with Gasteiger partial charge in [0, 0.05) is 10.7 Å². The van der Waals surface area contributed by atoms with Gasteiger partial charge in [0.25, 0.3) is 0 Å². The van der Waals surface area contributed by atoms with E-state index in [1.165, 1.54) is 26.5 Å². The molecule has 0 unspecified atom stereocenters. The van der Waals surface area contributed by atoms with Crippen molar-refractivity contribution < 1.29 is 4.42 Å². The molecule has 196 valence electrons. The maximum absolute atomic E-state index is 6.10. The van der Waals surface area contributed by atoms with E-state index >= 15 is 0 Å². The molecule has 1 nitrogen and oxygen atoms in total. The summed E-state index contributed by atoms with van der Waals surface area (Å²) in [6, 6.07) is 59.3. The molecule has 0 spiro atoms. The Bertz CT molecular complexity index is 1570. The monoisotopic (exact) mass is 554 g/mol. The third-order valence-corrected chi connectivity index (χ3v) is 11.1. The minimum Gasteiger partial charge on any atom is -0.464 e. The standard InChI is InChI=1S/C24H19OP.C13H13P/c1-2-10-19-25-24-20(12-5-1)13-11-18-23(24)26(21-14-6-3-7-15-21)22-16-8-4-9-17-22;1-14(12-8-4-2-5-9-12)13-10-6-3-7-11-13/h1-19H;2-11H,1H3. The van der Waals surface area contributed by atoms with Crippen LogP contribution in [-0.2, 0) is 0 Å². The van der Waals surface area contributed by atoms with Crippen LogP contribution in [-0.4, -0.2) is 6.66 Å². The zero-order valence-electron chi connectivity index (χ0n) is 22.5. The second-order valence-corrected chi connectivity index (χ2v) is 13.5. The van der Waals surface area contributed by atoms with Gasteiger partial charge in [0.2, 0.25) is 0 Å². The Morgan fingerprint density at radius 1 is 0.400 bits per heavy atom. The van der Waals surface area contributed by atoms with E-state index < -0.39 is 7.92 Å². The Kier molecular flexibility index (Phi) is 9.91. The Labute approximate surface area is 240 Å². The first-order valence-electron chi connectivity index (χ1n) is 13.3. The minimum atomic E-state index is -0.703. The predicted molar refractivity (Wildman–Crippen MR) is 178 cm³/mol. The molecule has 0 bridgehead atoms. The van der Waals surface area contributed by atoms with Gasteiger partial charge in [0.1, 0.15) is 5.58 Å². The molecule has 0 amide bonds. The van der Waals surface area contributed by atoms with Crippen LogP contribution in [0.1, 0.15) is 0 Å². The molecule has 0 N–H and O–H groups in total. The fourth-order valence-electron chi connectivity index (χ4n) is 4.45. The Morgan fingerprint density at radius 3 is 1.32 bits per heavy atom. The van der Waals surface area contributed by atoms with Crippen LogP contribution in [0.25, 0.3) is 11.0 Å². The third kappa shape index (κ3) is 7.13. The molecule has 0 aliphatic carbocycles. The number of hydrogen-bond acceptors (Lipinski definition) is 1. The summed E-state index contributed by atoms with van der Waals surface area (Å²) in [6.45, 7) is 2.31. The van der Waals surface area contributed by atoms with Gasteiger partial charge in [-0.05, 0) is 49.8 Å². The number of fused-ring (bicyclic) bond motifs is 1. The lowest BCUT2D eigenvalue weighted by atomic mass is 10.2. The van der Waals surface area contributed by atoms with Crippen LogP contribution in [0.4, 0.5) is 0 Å². The van der Waals surface area contributed by atoms with Crippen LogP contribution in [0.2, 0.25) is 0 Å². The van der Waals surface area contributed by atoms with Gasteiger partial charge < -0.3 is 4.42 Å². The van der Waals surface area contributed by atoms with Crippen molar-refractivity contribution in [2.24, 2.45) is 0 Å². The summed E-state index contributed by atoms with van der Waals surface area (Å²) in [7, 11) is -0.874. The van der Waals surface area contributed by atoms with Crippen LogP contribution in [0, 0.1) is 0 Å². The number of hydrogen-bond donors (Lipinski definition) is 0. The maximum Gasteiger partial charge on any atom is 0.142 e. The van der Waals surface area contributed by atoms with Gasteiger partial charge in [-0.25, -0.2) is 0 Å². The first-order chi connectivity index (χ1) is 19.8. The van der Waals surface area contributed by atoms with Crippen LogP contribution in [0.15, 0.2) is 181 Å². The molecule has 40 heavy (non-hydrogen) atoms. The lowest BCUT2D eigenvalue weighted by molar-refractivity contribution is 0.609. The second-order valence-electron chi connectivity index (χ2n) is 9.12. The normalized spacial score (nSPS) is 10.6. The van der Waals surface area contributed by atoms with Crippen LogP contribution in [0.3, 0.4) is 0 Å². The molecule has 6 aromatic rings. The van der Waals surface area contributed by atoms with Crippen molar-refractivity contribution in [2.75, 3.05) is 6.66 Å². The maximum atomic E-state index is 6.10. The van der Waals surface area contributed by atoms with Crippen molar-refractivity contribution in [2.45, 2.75) is 0 Å². The van der Waals surface area contributed by atoms with Crippen molar-refractivity contribution in [1.82, 2.24) is 0 Å². The predicted octanol–water partition coefficient (Wildman–Crippen LogP) is 8.06. The van der Waals surface area contributed by atoms with Crippen LogP contribution >= 0.6 is 15.8 Å². The van der Waals surface area contributed by atoms with Crippen molar-refractivity contribution in [1.29, 1.82) is 0 Å². The van der Waals surface area contributed by atoms with Gasteiger partial charge in [0.05, 0.1) is 6.26 Å². The van der Waals surface area contributed by atoms with E-state index in [4.69, 9.17) is 4.42 Å². The van der Waals surface area contributed by atoms with E-state index in [-0.39, 0.29) is 7.92 Å². The summed E-state index contributed by atoms with van der Waals surface area (Å²) >= 11 is 0. The van der Waals surface area contributed by atoms with Gasteiger partial charge >= 0.3 is 0 Å².